The summed E-state index contributed by atoms with van der Waals surface area (Å²) in [6, 6.07) is 6.74. The second-order valence-corrected chi connectivity index (χ2v) is 7.91. The summed E-state index contributed by atoms with van der Waals surface area (Å²) in [5.74, 6) is 1.50. The van der Waals surface area contributed by atoms with E-state index in [1.807, 2.05) is 7.05 Å². The van der Waals surface area contributed by atoms with Crippen LogP contribution in [-0.2, 0) is 6.54 Å². The maximum Gasteiger partial charge on any atom is 0.387 e. The number of likely N-dealkylation sites (N-methyl/N-ethyl adjacent to an activating group) is 1. The summed E-state index contributed by atoms with van der Waals surface area (Å²) in [4.78, 5) is 11.9. The van der Waals surface area contributed by atoms with Crippen LogP contribution in [0.5, 0.6) is 5.75 Å². The molecule has 0 radical (unpaired) electrons. The minimum atomic E-state index is -2.80. The lowest BCUT2D eigenvalue weighted by Gasteiger charge is -2.35. The Kier molecular flexibility index (Phi) is 10.3. The second kappa shape index (κ2) is 12.7. The molecule has 1 aromatic carbocycles. The average Bonchev–Trinajstić information content (AvgIpc) is 2.72. The van der Waals surface area contributed by atoms with E-state index in [9.17, 15) is 8.78 Å². The predicted molar refractivity (Wildman–Crippen MR) is 118 cm³/mol. The summed E-state index contributed by atoms with van der Waals surface area (Å²) in [5, 5.41) is 3.34. The first-order valence-corrected chi connectivity index (χ1v) is 10.9. The fourth-order valence-electron chi connectivity index (χ4n) is 3.62. The van der Waals surface area contributed by atoms with Crippen LogP contribution in [0.25, 0.3) is 0 Å². The molecule has 30 heavy (non-hydrogen) atoms. The van der Waals surface area contributed by atoms with E-state index in [1.54, 1.807) is 24.3 Å². The third-order valence-electron chi connectivity index (χ3n) is 5.30. The topological polar surface area (TPSA) is 43.3 Å². The lowest BCUT2D eigenvalue weighted by atomic mass is 10.1. The van der Waals surface area contributed by atoms with Gasteiger partial charge in [-0.3, -0.25) is 4.99 Å². The summed E-state index contributed by atoms with van der Waals surface area (Å²) in [7, 11) is 1.99. The van der Waals surface area contributed by atoms with Gasteiger partial charge in [-0.25, -0.2) is 0 Å². The van der Waals surface area contributed by atoms with E-state index in [0.717, 1.165) is 63.9 Å². The van der Waals surface area contributed by atoms with E-state index in [1.165, 1.54) is 0 Å². The fraction of sp³-hybridized carbons (Fsp3) is 0.682. The van der Waals surface area contributed by atoms with Crippen molar-refractivity contribution in [3.8, 4) is 5.75 Å². The molecule has 1 aliphatic rings. The molecular formula is C22H37F2N5O. The van der Waals surface area contributed by atoms with Crippen LogP contribution in [0.1, 0.15) is 26.3 Å². The first-order chi connectivity index (χ1) is 14.4. The molecule has 0 aliphatic carbocycles. The lowest BCUT2D eigenvalue weighted by molar-refractivity contribution is -0.0498. The number of guanidine groups is 1. The summed E-state index contributed by atoms with van der Waals surface area (Å²) < 4.78 is 29.0. The minimum Gasteiger partial charge on any atom is -0.435 e. The Hall–Kier alpha value is -1.93. The molecular weight excluding hydrogens is 388 g/mol. The highest BCUT2D eigenvalue weighted by molar-refractivity contribution is 5.79. The molecule has 0 bridgehead atoms. The van der Waals surface area contributed by atoms with Crippen LogP contribution < -0.4 is 10.1 Å². The van der Waals surface area contributed by atoms with Crippen molar-refractivity contribution in [1.82, 2.24) is 20.0 Å². The monoisotopic (exact) mass is 425 g/mol. The standard InChI is InChI=1S/C22H37F2N5O/c1-5-25-22(26-15-18(3)16-29-13-11-28(6-2)12-14-29)27(4)17-19-7-9-20(10-8-19)30-21(23)24/h7-10,18,21H,5-6,11-17H2,1-4H3,(H,25,26). The van der Waals surface area contributed by atoms with Crippen LogP contribution in [0.4, 0.5) is 8.78 Å². The Balaban J connectivity index is 1.86. The number of piperazine rings is 1. The van der Waals surface area contributed by atoms with E-state index < -0.39 is 6.61 Å². The highest BCUT2D eigenvalue weighted by Crippen LogP contribution is 2.16. The van der Waals surface area contributed by atoms with Gasteiger partial charge in [-0.2, -0.15) is 8.78 Å². The summed E-state index contributed by atoms with van der Waals surface area (Å²) in [6.45, 7) is 12.7. The van der Waals surface area contributed by atoms with Gasteiger partial charge in [0.1, 0.15) is 5.75 Å². The Labute approximate surface area is 179 Å². The van der Waals surface area contributed by atoms with Gasteiger partial charge in [0.25, 0.3) is 0 Å². The predicted octanol–water partition coefficient (Wildman–Crippen LogP) is 2.96. The van der Waals surface area contributed by atoms with E-state index in [-0.39, 0.29) is 5.75 Å². The van der Waals surface area contributed by atoms with Gasteiger partial charge in [-0.15, -0.1) is 0 Å². The number of nitrogens with one attached hydrogen (secondary N) is 1. The highest BCUT2D eigenvalue weighted by atomic mass is 19.3. The van der Waals surface area contributed by atoms with E-state index in [0.29, 0.717) is 12.5 Å². The van der Waals surface area contributed by atoms with E-state index in [2.05, 4.69) is 45.5 Å². The van der Waals surface area contributed by atoms with Crippen LogP contribution >= 0.6 is 0 Å². The molecule has 1 aliphatic heterocycles. The van der Waals surface area contributed by atoms with Crippen LogP contribution in [0.3, 0.4) is 0 Å². The number of ether oxygens (including phenoxy) is 1. The van der Waals surface area contributed by atoms with Gasteiger partial charge in [0, 0.05) is 59.4 Å². The number of hydrogen-bond acceptors (Lipinski definition) is 4. The third kappa shape index (κ3) is 8.44. The van der Waals surface area contributed by atoms with Crippen molar-refractivity contribution < 1.29 is 13.5 Å². The van der Waals surface area contributed by atoms with Crippen LogP contribution in [0.15, 0.2) is 29.3 Å². The van der Waals surface area contributed by atoms with Gasteiger partial charge < -0.3 is 24.8 Å². The van der Waals surface area contributed by atoms with Gasteiger partial charge in [0.15, 0.2) is 5.96 Å². The molecule has 1 unspecified atom stereocenters. The van der Waals surface area contributed by atoms with Crippen molar-refractivity contribution in [3.05, 3.63) is 29.8 Å². The number of hydrogen-bond donors (Lipinski definition) is 1. The van der Waals surface area contributed by atoms with Crippen LogP contribution in [0.2, 0.25) is 0 Å². The van der Waals surface area contributed by atoms with Gasteiger partial charge >= 0.3 is 6.61 Å². The number of alkyl halides is 2. The Morgan fingerprint density at radius 3 is 2.33 bits per heavy atom. The number of halogens is 2. The quantitative estimate of drug-likeness (QED) is 0.461. The van der Waals surface area contributed by atoms with Crippen molar-refractivity contribution in [1.29, 1.82) is 0 Å². The molecule has 1 N–H and O–H groups in total. The molecule has 6 nitrogen and oxygen atoms in total. The molecule has 170 valence electrons. The summed E-state index contributed by atoms with van der Waals surface area (Å²) in [6.07, 6.45) is 0. The summed E-state index contributed by atoms with van der Waals surface area (Å²) >= 11 is 0. The maximum absolute atomic E-state index is 12.3. The number of aliphatic imine (C=N–C) groups is 1. The zero-order valence-electron chi connectivity index (χ0n) is 18.8. The van der Waals surface area contributed by atoms with Crippen LogP contribution in [0, 0.1) is 5.92 Å². The second-order valence-electron chi connectivity index (χ2n) is 7.91. The first kappa shape index (κ1) is 24.3. The Bertz CT molecular complexity index is 633. The smallest absolute Gasteiger partial charge is 0.387 e. The van der Waals surface area contributed by atoms with E-state index in [4.69, 9.17) is 4.99 Å². The molecule has 1 saturated heterocycles. The molecule has 1 aromatic rings. The Morgan fingerprint density at radius 2 is 1.77 bits per heavy atom. The number of nitrogens with zero attached hydrogens (tertiary/aromatic N) is 4. The molecule has 0 aromatic heterocycles. The van der Waals surface area contributed by atoms with Gasteiger partial charge in [0.05, 0.1) is 0 Å². The fourth-order valence-corrected chi connectivity index (χ4v) is 3.62. The molecule has 1 atom stereocenters. The normalized spacial score (nSPS) is 17.2. The highest BCUT2D eigenvalue weighted by Gasteiger charge is 2.17. The molecule has 1 fully saturated rings. The minimum absolute atomic E-state index is 0.172. The van der Waals surface area contributed by atoms with Crippen molar-refractivity contribution in [2.75, 3.05) is 59.4 Å². The average molecular weight is 426 g/mol. The van der Waals surface area contributed by atoms with Crippen LogP contribution in [-0.4, -0.2) is 86.7 Å². The van der Waals surface area contributed by atoms with Gasteiger partial charge in [-0.1, -0.05) is 26.0 Å². The molecule has 0 spiro atoms. The largest absolute Gasteiger partial charge is 0.435 e. The van der Waals surface area contributed by atoms with Gasteiger partial charge in [-0.05, 0) is 37.1 Å². The Morgan fingerprint density at radius 1 is 1.13 bits per heavy atom. The van der Waals surface area contributed by atoms with E-state index >= 15 is 0 Å². The number of benzene rings is 1. The molecule has 1 heterocycles. The third-order valence-corrected chi connectivity index (χ3v) is 5.30. The zero-order chi connectivity index (χ0) is 21.9. The molecule has 2 rings (SSSR count). The SMILES string of the molecule is CCNC(=NCC(C)CN1CCN(CC)CC1)N(C)Cc1ccc(OC(F)F)cc1. The van der Waals surface area contributed by atoms with Crippen molar-refractivity contribution in [2.45, 2.75) is 33.9 Å². The maximum atomic E-state index is 12.3. The molecule has 8 heteroatoms. The van der Waals surface area contributed by atoms with Gasteiger partial charge in [0.2, 0.25) is 0 Å². The molecule has 0 amide bonds. The lowest BCUT2D eigenvalue weighted by Crippen LogP contribution is -2.47. The van der Waals surface area contributed by atoms with Crippen molar-refractivity contribution in [3.63, 3.8) is 0 Å². The zero-order valence-corrected chi connectivity index (χ0v) is 18.8. The summed E-state index contributed by atoms with van der Waals surface area (Å²) in [5.41, 5.74) is 1.01. The van der Waals surface area contributed by atoms with Crippen molar-refractivity contribution >= 4 is 5.96 Å². The number of rotatable bonds is 10. The van der Waals surface area contributed by atoms with Crippen molar-refractivity contribution in [2.24, 2.45) is 10.9 Å². The molecule has 0 saturated carbocycles. The first-order valence-electron chi connectivity index (χ1n) is 10.9.